The van der Waals surface area contributed by atoms with Crippen LogP contribution in [0.2, 0.25) is 0 Å². The van der Waals surface area contributed by atoms with E-state index in [1.165, 1.54) is 21.3 Å². The average Bonchev–Trinajstić information content (AvgIpc) is 3.92. The molecular weight excluding hydrogens is 821 g/mol. The molecule has 8 rings (SSSR count). The molecule has 1 N–H and O–H groups in total. The van der Waals surface area contributed by atoms with Crippen molar-refractivity contribution in [3.05, 3.63) is 71.4 Å². The second-order valence-corrected chi connectivity index (χ2v) is 18.4. The van der Waals surface area contributed by atoms with Crippen LogP contribution in [0.5, 0.6) is 23.0 Å². The van der Waals surface area contributed by atoms with Crippen LogP contribution in [0.4, 0.5) is 22.1 Å². The number of fused-ring (bicyclic) bond motifs is 1. The quantitative estimate of drug-likeness (QED) is 0.113. The summed E-state index contributed by atoms with van der Waals surface area (Å²) in [5, 5.41) is 13.1. The van der Waals surface area contributed by atoms with Crippen LogP contribution in [0.25, 0.3) is 11.0 Å². The molecule has 1 saturated carbocycles. The third-order valence-electron chi connectivity index (χ3n) is 11.1. The molecule has 3 fully saturated rings. The first-order chi connectivity index (χ1) is 29.8. The molecular formula is C44H54N6O11S. The minimum atomic E-state index is -4.60. The average molecular weight is 875 g/mol. The van der Waals surface area contributed by atoms with Crippen molar-refractivity contribution in [1.82, 2.24) is 19.8 Å². The molecule has 1 amide bonds. The first-order valence-electron chi connectivity index (χ1n) is 20.8. The number of methoxy groups -OCH3 is 4. The number of morpholine rings is 1. The smallest absolute Gasteiger partial charge is 0.410 e. The molecule has 332 valence electrons. The van der Waals surface area contributed by atoms with Gasteiger partial charge in [-0.05, 0) is 94.3 Å². The summed E-state index contributed by atoms with van der Waals surface area (Å²) in [5.41, 5.74) is 2.40. The second kappa shape index (κ2) is 17.6. The summed E-state index contributed by atoms with van der Waals surface area (Å²) >= 11 is 0. The summed E-state index contributed by atoms with van der Waals surface area (Å²) in [6.45, 7) is 6.63. The van der Waals surface area contributed by atoms with Gasteiger partial charge in [0.05, 0.1) is 65.3 Å². The van der Waals surface area contributed by atoms with Crippen LogP contribution in [-0.2, 0) is 30.8 Å². The number of nitrogens with zero attached hydrogens (tertiary/aromatic N) is 5. The van der Waals surface area contributed by atoms with Crippen molar-refractivity contribution in [3.8, 4) is 23.0 Å². The molecule has 2 saturated heterocycles. The molecule has 0 bridgehead atoms. The van der Waals surface area contributed by atoms with Gasteiger partial charge in [0.25, 0.3) is 10.0 Å². The monoisotopic (exact) mass is 874 g/mol. The highest BCUT2D eigenvalue weighted by Crippen LogP contribution is 2.46. The van der Waals surface area contributed by atoms with Gasteiger partial charge in [-0.25, -0.2) is 22.2 Å². The first kappa shape index (κ1) is 42.9. The molecule has 4 heterocycles. The first-order valence-corrected chi connectivity index (χ1v) is 22.2. The Kier molecular flexibility index (Phi) is 12.2. The van der Waals surface area contributed by atoms with Crippen LogP contribution >= 0.6 is 0 Å². The molecule has 62 heavy (non-hydrogen) atoms. The van der Waals surface area contributed by atoms with Gasteiger partial charge in [-0.3, -0.25) is 4.90 Å². The van der Waals surface area contributed by atoms with Crippen molar-refractivity contribution in [1.29, 1.82) is 0 Å². The molecule has 1 aliphatic carbocycles. The van der Waals surface area contributed by atoms with E-state index in [-0.39, 0.29) is 48.1 Å². The highest BCUT2D eigenvalue weighted by molar-refractivity contribution is 7.93. The third-order valence-corrected chi connectivity index (χ3v) is 12.9. The number of carbonyl (C=O) groups excluding carboxylic acids is 1. The minimum Gasteiger partial charge on any atom is -0.497 e. The molecule has 2 aromatic heterocycles. The Morgan fingerprint density at radius 3 is 2.26 bits per heavy atom. The van der Waals surface area contributed by atoms with Crippen LogP contribution < -0.4 is 28.6 Å². The van der Waals surface area contributed by atoms with E-state index in [9.17, 15) is 4.79 Å². The highest BCUT2D eigenvalue weighted by Gasteiger charge is 2.39. The van der Waals surface area contributed by atoms with Gasteiger partial charge >= 0.3 is 6.09 Å². The fourth-order valence-corrected chi connectivity index (χ4v) is 9.58. The van der Waals surface area contributed by atoms with E-state index in [2.05, 4.69) is 16.5 Å². The van der Waals surface area contributed by atoms with Gasteiger partial charge in [0.2, 0.25) is 0 Å². The number of anilines is 3. The van der Waals surface area contributed by atoms with E-state index in [4.69, 9.17) is 42.8 Å². The van der Waals surface area contributed by atoms with E-state index < -0.39 is 27.8 Å². The number of aromatic nitrogens is 3. The molecule has 2 atom stereocenters. The molecule has 5 aromatic rings. The Bertz CT molecular complexity index is 2480. The van der Waals surface area contributed by atoms with Crippen molar-refractivity contribution < 1.29 is 50.9 Å². The lowest BCUT2D eigenvalue weighted by Crippen LogP contribution is -2.45. The van der Waals surface area contributed by atoms with Crippen LogP contribution in [-0.4, -0.2) is 94.8 Å². The zero-order valence-electron chi connectivity index (χ0n) is 36.1. The van der Waals surface area contributed by atoms with Crippen LogP contribution in [0.3, 0.4) is 0 Å². The standard InChI is InChI=1S/C44H54N6O11S/c1-44(2,3)60-43(51)48-17-19-58-26-34(48)29-20-37(56-6)41(38(21-29)57-7)62(52,53)49(25-27-11-15-30(54-4)16-12-27)42-31-22-36(55-5)32(23-35(31)61-47-42)45-39-24-33(28-13-14-28)50(46-39)40-10-8-9-18-59-40/h11-12,15-16,20-24,28,34,40H,8-10,13-14,17-19,25-26H2,1-7H3,(H,45,46). The minimum absolute atomic E-state index is 0.000349. The second-order valence-electron chi connectivity index (χ2n) is 16.6. The summed E-state index contributed by atoms with van der Waals surface area (Å²) in [6.07, 6.45) is 4.59. The number of ether oxygens (including phenoxy) is 7. The fourth-order valence-electron chi connectivity index (χ4n) is 7.88. The normalized spacial score (nSPS) is 18.3. The van der Waals surface area contributed by atoms with Crippen molar-refractivity contribution in [3.63, 3.8) is 0 Å². The number of amides is 1. The number of benzene rings is 3. The molecule has 18 heteroatoms. The maximum absolute atomic E-state index is 15.4. The molecule has 0 spiro atoms. The largest absolute Gasteiger partial charge is 0.497 e. The fraction of sp³-hybridized carbons (Fsp3) is 0.477. The zero-order valence-corrected chi connectivity index (χ0v) is 37.0. The predicted octanol–water partition coefficient (Wildman–Crippen LogP) is 8.08. The lowest BCUT2D eigenvalue weighted by molar-refractivity contribution is -0.0409. The van der Waals surface area contributed by atoms with Gasteiger partial charge in [0.1, 0.15) is 28.6 Å². The van der Waals surface area contributed by atoms with Gasteiger partial charge < -0.3 is 43.0 Å². The van der Waals surface area contributed by atoms with E-state index in [0.29, 0.717) is 64.2 Å². The van der Waals surface area contributed by atoms with Gasteiger partial charge in [0.15, 0.2) is 28.3 Å². The van der Waals surface area contributed by atoms with Gasteiger partial charge in [-0.1, -0.05) is 17.3 Å². The van der Waals surface area contributed by atoms with E-state index in [1.54, 1.807) is 81.3 Å². The number of hydrogen-bond donors (Lipinski definition) is 1. The van der Waals surface area contributed by atoms with E-state index >= 15 is 8.42 Å². The molecule has 0 radical (unpaired) electrons. The molecule has 17 nitrogen and oxygen atoms in total. The van der Waals surface area contributed by atoms with Gasteiger partial charge in [-0.2, -0.15) is 5.10 Å². The number of sulfonamides is 1. The van der Waals surface area contributed by atoms with Crippen LogP contribution in [0, 0.1) is 0 Å². The maximum atomic E-state index is 15.4. The third kappa shape index (κ3) is 8.81. The van der Waals surface area contributed by atoms with Crippen molar-refractivity contribution in [2.75, 3.05) is 64.4 Å². The lowest BCUT2D eigenvalue weighted by atomic mass is 10.0. The molecule has 2 aliphatic heterocycles. The summed E-state index contributed by atoms with van der Waals surface area (Å²) in [5.74, 6) is 2.03. The summed E-state index contributed by atoms with van der Waals surface area (Å²) in [7, 11) is 1.24. The number of nitrogens with one attached hydrogen (secondary N) is 1. The van der Waals surface area contributed by atoms with E-state index in [1.807, 2.05) is 4.68 Å². The molecule has 2 unspecified atom stereocenters. The van der Waals surface area contributed by atoms with Gasteiger partial charge in [-0.15, -0.1) is 0 Å². The Morgan fingerprint density at radius 2 is 1.63 bits per heavy atom. The molecule has 3 aliphatic rings. The van der Waals surface area contributed by atoms with Gasteiger partial charge in [0, 0.05) is 36.9 Å². The van der Waals surface area contributed by atoms with Crippen LogP contribution in [0.15, 0.2) is 64.0 Å². The highest BCUT2D eigenvalue weighted by atomic mass is 32.2. The number of carbonyl (C=O) groups is 1. The van der Waals surface area contributed by atoms with Crippen molar-refractivity contribution >= 4 is 44.4 Å². The van der Waals surface area contributed by atoms with Crippen molar-refractivity contribution in [2.24, 2.45) is 0 Å². The Hall–Kier alpha value is -5.72. The topological polar surface area (TPSA) is 178 Å². The Balaban J connectivity index is 1.19. The number of hydrogen-bond acceptors (Lipinski definition) is 14. The Morgan fingerprint density at radius 1 is 0.903 bits per heavy atom. The summed E-state index contributed by atoms with van der Waals surface area (Å²) in [6, 6.07) is 15.0. The number of rotatable bonds is 14. The maximum Gasteiger partial charge on any atom is 0.410 e. The SMILES string of the molecule is COc1ccc(CN(c2noc3cc(Nc4cc(C5CC5)n(C5CCCCO5)n4)c(OC)cc23)S(=O)(=O)c2c(OC)cc(C3COCCN3C(=O)OC(C)(C)C)cc2OC)cc1. The zero-order chi connectivity index (χ0) is 43.8. The summed E-state index contributed by atoms with van der Waals surface area (Å²) in [4.78, 5) is 14.7. The van der Waals surface area contributed by atoms with Crippen molar-refractivity contribution in [2.45, 2.75) is 88.1 Å². The molecule has 3 aromatic carbocycles. The van der Waals surface area contributed by atoms with Crippen LogP contribution in [0.1, 0.15) is 87.9 Å². The van der Waals surface area contributed by atoms with E-state index in [0.717, 1.165) is 42.1 Å². The Labute approximate surface area is 361 Å². The predicted molar refractivity (Wildman–Crippen MR) is 229 cm³/mol. The lowest BCUT2D eigenvalue weighted by Gasteiger charge is -2.37. The summed E-state index contributed by atoms with van der Waals surface area (Å²) < 4.78 is 80.3.